The average molecular weight is 296 g/mol. The first kappa shape index (κ1) is 14.6. The van der Waals surface area contributed by atoms with Gasteiger partial charge in [0, 0.05) is 11.5 Å². The Bertz CT molecular complexity index is 674. The lowest BCUT2D eigenvalue weighted by Crippen LogP contribution is -2.12. The first-order valence-corrected chi connectivity index (χ1v) is 7.58. The summed E-state index contributed by atoms with van der Waals surface area (Å²) in [6.07, 6.45) is 2.80. The fraction of sp³-hybridized carbons (Fsp3) is 0.316. The van der Waals surface area contributed by atoms with Crippen molar-refractivity contribution >= 4 is 5.78 Å². The third-order valence-electron chi connectivity index (χ3n) is 4.35. The lowest BCUT2D eigenvalue weighted by Gasteiger charge is -2.15. The standard InChI is InChI=1S/C19H20O3/c1-21-15-8-6-13(7-9-15)17-5-3-4-14-12-16(22-2)10-11-18(14)19(17)20/h6-12,17H,3-5H2,1-2H3/t17-/m0/s1. The van der Waals surface area contributed by atoms with E-state index in [1.165, 1.54) is 0 Å². The van der Waals surface area contributed by atoms with E-state index in [4.69, 9.17) is 9.47 Å². The molecule has 0 heterocycles. The van der Waals surface area contributed by atoms with Gasteiger partial charge in [-0.3, -0.25) is 4.79 Å². The normalized spacial score (nSPS) is 17.5. The minimum atomic E-state index is -0.0689. The largest absolute Gasteiger partial charge is 0.497 e. The molecule has 2 aromatic rings. The molecule has 0 amide bonds. The Hall–Kier alpha value is -2.29. The Morgan fingerprint density at radius 2 is 1.64 bits per heavy atom. The summed E-state index contributed by atoms with van der Waals surface area (Å²) in [7, 11) is 3.30. The molecule has 0 unspecified atom stereocenters. The first-order valence-electron chi connectivity index (χ1n) is 7.58. The summed E-state index contributed by atoms with van der Waals surface area (Å²) < 4.78 is 10.5. The molecular formula is C19H20O3. The van der Waals surface area contributed by atoms with Gasteiger partial charge in [0.25, 0.3) is 0 Å². The van der Waals surface area contributed by atoms with Crippen molar-refractivity contribution in [3.63, 3.8) is 0 Å². The highest BCUT2D eigenvalue weighted by molar-refractivity contribution is 6.02. The Morgan fingerprint density at radius 1 is 0.955 bits per heavy atom. The van der Waals surface area contributed by atoms with Crippen molar-refractivity contribution in [3.8, 4) is 11.5 Å². The second-order valence-corrected chi connectivity index (χ2v) is 5.61. The molecular weight excluding hydrogens is 276 g/mol. The van der Waals surface area contributed by atoms with E-state index >= 15 is 0 Å². The van der Waals surface area contributed by atoms with Crippen molar-refractivity contribution in [3.05, 3.63) is 59.2 Å². The van der Waals surface area contributed by atoms with Crippen molar-refractivity contribution in [1.29, 1.82) is 0 Å². The van der Waals surface area contributed by atoms with E-state index in [0.29, 0.717) is 0 Å². The Balaban J connectivity index is 1.94. The molecule has 0 saturated carbocycles. The zero-order valence-electron chi connectivity index (χ0n) is 13.0. The maximum atomic E-state index is 12.9. The predicted molar refractivity (Wildman–Crippen MR) is 86.0 cm³/mol. The molecule has 0 N–H and O–H groups in total. The summed E-state index contributed by atoms with van der Waals surface area (Å²) in [6, 6.07) is 13.6. The Kier molecular flexibility index (Phi) is 4.14. The molecule has 0 bridgehead atoms. The van der Waals surface area contributed by atoms with Crippen LogP contribution in [-0.2, 0) is 6.42 Å². The van der Waals surface area contributed by atoms with Gasteiger partial charge in [0.05, 0.1) is 14.2 Å². The fourth-order valence-corrected chi connectivity index (χ4v) is 3.11. The molecule has 3 heteroatoms. The number of methoxy groups -OCH3 is 2. The average Bonchev–Trinajstić information content (AvgIpc) is 2.73. The zero-order chi connectivity index (χ0) is 15.5. The number of rotatable bonds is 3. The van der Waals surface area contributed by atoms with E-state index in [0.717, 1.165) is 47.5 Å². The van der Waals surface area contributed by atoms with Gasteiger partial charge in [-0.2, -0.15) is 0 Å². The number of hydrogen-bond acceptors (Lipinski definition) is 3. The van der Waals surface area contributed by atoms with Crippen LogP contribution in [0.1, 0.15) is 40.2 Å². The second-order valence-electron chi connectivity index (χ2n) is 5.61. The summed E-state index contributed by atoms with van der Waals surface area (Å²) in [5.41, 5.74) is 2.99. The van der Waals surface area contributed by atoms with E-state index in [1.54, 1.807) is 14.2 Å². The highest BCUT2D eigenvalue weighted by Gasteiger charge is 2.27. The van der Waals surface area contributed by atoms with Crippen molar-refractivity contribution in [2.24, 2.45) is 0 Å². The number of carbonyl (C=O) groups is 1. The predicted octanol–water partition coefficient (Wildman–Crippen LogP) is 4.01. The maximum Gasteiger partial charge on any atom is 0.170 e. The molecule has 0 radical (unpaired) electrons. The molecule has 3 nitrogen and oxygen atoms in total. The van der Waals surface area contributed by atoms with Crippen LogP contribution >= 0.6 is 0 Å². The smallest absolute Gasteiger partial charge is 0.170 e. The molecule has 1 aliphatic carbocycles. The molecule has 1 aliphatic rings. The highest BCUT2D eigenvalue weighted by atomic mass is 16.5. The Labute approximate surface area is 130 Å². The summed E-state index contributed by atoms with van der Waals surface area (Å²) in [5.74, 6) is 1.77. The summed E-state index contributed by atoms with van der Waals surface area (Å²) in [5, 5.41) is 0. The number of aryl methyl sites for hydroxylation is 1. The van der Waals surface area contributed by atoms with Crippen molar-refractivity contribution in [1.82, 2.24) is 0 Å². The monoisotopic (exact) mass is 296 g/mol. The lowest BCUT2D eigenvalue weighted by molar-refractivity contribution is 0.0957. The van der Waals surface area contributed by atoms with Gasteiger partial charge >= 0.3 is 0 Å². The van der Waals surface area contributed by atoms with E-state index in [-0.39, 0.29) is 11.7 Å². The number of ether oxygens (including phenoxy) is 2. The van der Waals surface area contributed by atoms with Crippen LogP contribution in [-0.4, -0.2) is 20.0 Å². The molecule has 114 valence electrons. The first-order chi connectivity index (χ1) is 10.7. The van der Waals surface area contributed by atoms with Gasteiger partial charge in [-0.15, -0.1) is 0 Å². The van der Waals surface area contributed by atoms with Gasteiger partial charge in [-0.05, 0) is 60.7 Å². The van der Waals surface area contributed by atoms with Crippen LogP contribution in [0.15, 0.2) is 42.5 Å². The summed E-state index contributed by atoms with van der Waals surface area (Å²) >= 11 is 0. The van der Waals surface area contributed by atoms with E-state index in [9.17, 15) is 4.79 Å². The van der Waals surface area contributed by atoms with Crippen molar-refractivity contribution < 1.29 is 14.3 Å². The van der Waals surface area contributed by atoms with Crippen molar-refractivity contribution in [2.45, 2.75) is 25.2 Å². The quantitative estimate of drug-likeness (QED) is 0.803. The summed E-state index contributed by atoms with van der Waals surface area (Å²) in [6.45, 7) is 0. The number of hydrogen-bond donors (Lipinski definition) is 0. The van der Waals surface area contributed by atoms with Crippen LogP contribution < -0.4 is 9.47 Å². The van der Waals surface area contributed by atoms with Gasteiger partial charge in [-0.1, -0.05) is 12.1 Å². The van der Waals surface area contributed by atoms with Gasteiger partial charge in [0.15, 0.2) is 5.78 Å². The van der Waals surface area contributed by atoms with Gasteiger partial charge in [0.2, 0.25) is 0 Å². The van der Waals surface area contributed by atoms with Crippen molar-refractivity contribution in [2.75, 3.05) is 14.2 Å². The van der Waals surface area contributed by atoms with Crippen LogP contribution in [0.3, 0.4) is 0 Å². The Morgan fingerprint density at radius 3 is 2.32 bits per heavy atom. The van der Waals surface area contributed by atoms with E-state index in [1.807, 2.05) is 42.5 Å². The highest BCUT2D eigenvalue weighted by Crippen LogP contribution is 2.33. The summed E-state index contributed by atoms with van der Waals surface area (Å²) in [4.78, 5) is 12.9. The third-order valence-corrected chi connectivity index (χ3v) is 4.35. The molecule has 0 saturated heterocycles. The molecule has 3 rings (SSSR count). The van der Waals surface area contributed by atoms with Crippen LogP contribution in [0.4, 0.5) is 0 Å². The molecule has 22 heavy (non-hydrogen) atoms. The van der Waals surface area contributed by atoms with Crippen LogP contribution in [0.2, 0.25) is 0 Å². The maximum absolute atomic E-state index is 12.9. The van der Waals surface area contributed by atoms with E-state index < -0.39 is 0 Å². The molecule has 0 spiro atoms. The minimum Gasteiger partial charge on any atom is -0.497 e. The van der Waals surface area contributed by atoms with Gasteiger partial charge in [-0.25, -0.2) is 0 Å². The topological polar surface area (TPSA) is 35.5 Å². The number of fused-ring (bicyclic) bond motifs is 1. The molecule has 2 aromatic carbocycles. The molecule has 1 atom stereocenters. The van der Waals surface area contributed by atoms with Gasteiger partial charge in [0.1, 0.15) is 11.5 Å². The fourth-order valence-electron chi connectivity index (χ4n) is 3.11. The molecule has 0 aromatic heterocycles. The molecule has 0 fully saturated rings. The number of Topliss-reactive ketones (excluding diaryl/α,β-unsaturated/α-hetero) is 1. The van der Waals surface area contributed by atoms with Gasteiger partial charge < -0.3 is 9.47 Å². The third kappa shape index (κ3) is 2.71. The SMILES string of the molecule is COc1ccc([C@@H]2CCCc3cc(OC)ccc3C2=O)cc1. The lowest BCUT2D eigenvalue weighted by atomic mass is 9.88. The zero-order valence-corrected chi connectivity index (χ0v) is 13.0. The number of carbonyl (C=O) groups excluding carboxylic acids is 1. The second kappa shape index (κ2) is 6.22. The molecule has 0 aliphatic heterocycles. The minimum absolute atomic E-state index is 0.0689. The van der Waals surface area contributed by atoms with E-state index in [2.05, 4.69) is 0 Å². The van der Waals surface area contributed by atoms with Crippen LogP contribution in [0.25, 0.3) is 0 Å². The van der Waals surface area contributed by atoms with Crippen LogP contribution in [0, 0.1) is 0 Å². The number of ketones is 1. The number of benzene rings is 2. The van der Waals surface area contributed by atoms with Crippen LogP contribution in [0.5, 0.6) is 11.5 Å².